The molecule has 1 aromatic carbocycles. The summed E-state index contributed by atoms with van der Waals surface area (Å²) >= 11 is 0. The molecule has 1 aromatic heterocycles. The Bertz CT molecular complexity index is 693. The van der Waals surface area contributed by atoms with Crippen molar-refractivity contribution >= 4 is 23.1 Å². The Hall–Kier alpha value is -2.57. The molecule has 0 unspecified atom stereocenters. The van der Waals surface area contributed by atoms with E-state index in [0.717, 1.165) is 25.0 Å². The first-order valence-corrected chi connectivity index (χ1v) is 8.04. The number of aromatic nitrogens is 1. The molecule has 0 radical (unpaired) electrons. The number of anilines is 3. The van der Waals surface area contributed by atoms with Gasteiger partial charge >= 0.3 is 6.18 Å². The monoisotopic (exact) mass is 351 g/mol. The lowest BCUT2D eigenvalue weighted by atomic mass is 10.0. The molecular weight excluding hydrogens is 331 g/mol. The van der Waals surface area contributed by atoms with Crippen LogP contribution in [0.4, 0.5) is 30.4 Å². The summed E-state index contributed by atoms with van der Waals surface area (Å²) in [7, 11) is 0. The molecule has 0 fully saturated rings. The van der Waals surface area contributed by atoms with Crippen LogP contribution in [0.2, 0.25) is 0 Å². The Morgan fingerprint density at radius 2 is 1.64 bits per heavy atom. The first-order valence-electron chi connectivity index (χ1n) is 8.04. The molecule has 0 saturated carbocycles. The molecule has 2 N–H and O–H groups in total. The van der Waals surface area contributed by atoms with Gasteiger partial charge in [0.05, 0.1) is 17.4 Å². The van der Waals surface area contributed by atoms with Gasteiger partial charge in [-0.25, -0.2) is 4.98 Å². The molecule has 7 heteroatoms. The lowest BCUT2D eigenvalue weighted by Gasteiger charge is -2.13. The minimum Gasteiger partial charge on any atom is -0.354 e. The van der Waals surface area contributed by atoms with E-state index in [1.54, 1.807) is 12.1 Å². The maximum Gasteiger partial charge on any atom is 0.416 e. The maximum absolute atomic E-state index is 12.5. The van der Waals surface area contributed by atoms with E-state index in [9.17, 15) is 18.0 Å². The van der Waals surface area contributed by atoms with Crippen LogP contribution in [-0.2, 0) is 11.0 Å². The molecule has 2 aromatic rings. The number of halogens is 3. The Labute approximate surface area is 144 Å². The third kappa shape index (κ3) is 5.20. The van der Waals surface area contributed by atoms with E-state index in [1.807, 2.05) is 13.8 Å². The van der Waals surface area contributed by atoms with Gasteiger partial charge in [0.15, 0.2) is 0 Å². The Kier molecular flexibility index (Phi) is 6.01. The molecule has 1 heterocycles. The molecule has 1 amide bonds. The van der Waals surface area contributed by atoms with Gasteiger partial charge < -0.3 is 10.6 Å². The summed E-state index contributed by atoms with van der Waals surface area (Å²) in [6.45, 7) is 3.91. The number of hydrogen-bond donors (Lipinski definition) is 2. The molecule has 0 aliphatic carbocycles. The van der Waals surface area contributed by atoms with Crippen molar-refractivity contribution in [2.45, 2.75) is 32.9 Å². The minimum atomic E-state index is -4.35. The number of alkyl halides is 3. The number of rotatable bonds is 6. The molecule has 0 aliphatic rings. The van der Waals surface area contributed by atoms with Crippen molar-refractivity contribution < 1.29 is 18.0 Å². The van der Waals surface area contributed by atoms with E-state index in [4.69, 9.17) is 0 Å². The van der Waals surface area contributed by atoms with Crippen LogP contribution < -0.4 is 10.6 Å². The number of nitrogens with one attached hydrogen (secondary N) is 2. The zero-order chi connectivity index (χ0) is 18.4. The zero-order valence-corrected chi connectivity index (χ0v) is 14.0. The van der Waals surface area contributed by atoms with Crippen LogP contribution in [0.3, 0.4) is 0 Å². The number of carbonyl (C=O) groups excluding carboxylic acids is 1. The molecule has 0 saturated heterocycles. The van der Waals surface area contributed by atoms with Crippen molar-refractivity contribution in [3.05, 3.63) is 48.2 Å². The third-order valence-electron chi connectivity index (χ3n) is 3.87. The summed E-state index contributed by atoms with van der Waals surface area (Å²) in [5.74, 6) is 0.322. The molecule has 134 valence electrons. The number of amides is 1. The summed E-state index contributed by atoms with van der Waals surface area (Å²) in [5, 5.41) is 5.72. The second kappa shape index (κ2) is 8.00. The van der Waals surface area contributed by atoms with Crippen molar-refractivity contribution in [1.29, 1.82) is 0 Å². The van der Waals surface area contributed by atoms with Crippen molar-refractivity contribution in [3.63, 3.8) is 0 Å². The van der Waals surface area contributed by atoms with Crippen LogP contribution in [-0.4, -0.2) is 10.9 Å². The summed E-state index contributed by atoms with van der Waals surface area (Å²) in [5.41, 5.74) is 0.430. The Morgan fingerprint density at radius 1 is 1.04 bits per heavy atom. The Balaban J connectivity index is 1.99. The molecule has 25 heavy (non-hydrogen) atoms. The van der Waals surface area contributed by atoms with Crippen molar-refractivity contribution in [1.82, 2.24) is 4.98 Å². The fourth-order valence-corrected chi connectivity index (χ4v) is 2.34. The van der Waals surface area contributed by atoms with E-state index < -0.39 is 11.7 Å². The number of pyridine rings is 1. The van der Waals surface area contributed by atoms with E-state index in [1.165, 1.54) is 18.3 Å². The standard InChI is InChI=1S/C18H20F3N3O/c1-3-12(4-2)17(25)24-16-10-9-15(11-22-16)23-14-7-5-13(6-8-14)18(19,20)21/h5-12,23H,3-4H2,1-2H3,(H,22,24,25). The number of nitrogens with zero attached hydrogens (tertiary/aromatic N) is 1. The van der Waals surface area contributed by atoms with Gasteiger partial charge in [-0.2, -0.15) is 13.2 Å². The van der Waals surface area contributed by atoms with Crippen LogP contribution in [0, 0.1) is 5.92 Å². The van der Waals surface area contributed by atoms with Crippen LogP contribution in [0.15, 0.2) is 42.6 Å². The largest absolute Gasteiger partial charge is 0.416 e. The third-order valence-corrected chi connectivity index (χ3v) is 3.87. The van der Waals surface area contributed by atoms with Crippen molar-refractivity contribution in [2.75, 3.05) is 10.6 Å². The highest BCUT2D eigenvalue weighted by Crippen LogP contribution is 2.30. The lowest BCUT2D eigenvalue weighted by Crippen LogP contribution is -2.22. The van der Waals surface area contributed by atoms with Crippen LogP contribution >= 0.6 is 0 Å². The first-order chi connectivity index (χ1) is 11.8. The quantitative estimate of drug-likeness (QED) is 0.750. The van der Waals surface area contributed by atoms with E-state index in [2.05, 4.69) is 15.6 Å². The van der Waals surface area contributed by atoms with Gasteiger partial charge in [-0.3, -0.25) is 4.79 Å². The molecule has 0 atom stereocenters. The summed E-state index contributed by atoms with van der Waals surface area (Å²) < 4.78 is 37.6. The minimum absolute atomic E-state index is 0.0493. The van der Waals surface area contributed by atoms with Crippen LogP contribution in [0.5, 0.6) is 0 Å². The van der Waals surface area contributed by atoms with E-state index >= 15 is 0 Å². The SMILES string of the molecule is CCC(CC)C(=O)Nc1ccc(Nc2ccc(C(F)(F)F)cc2)cn1. The smallest absolute Gasteiger partial charge is 0.354 e. The zero-order valence-electron chi connectivity index (χ0n) is 14.0. The predicted octanol–water partition coefficient (Wildman–Crippen LogP) is 5.22. The van der Waals surface area contributed by atoms with Gasteiger partial charge in [-0.1, -0.05) is 13.8 Å². The van der Waals surface area contributed by atoms with Crippen molar-refractivity contribution in [3.8, 4) is 0 Å². The predicted molar refractivity (Wildman–Crippen MR) is 91.7 cm³/mol. The highest BCUT2D eigenvalue weighted by molar-refractivity contribution is 5.91. The van der Waals surface area contributed by atoms with Crippen molar-refractivity contribution in [2.24, 2.45) is 5.92 Å². The Morgan fingerprint density at radius 3 is 2.12 bits per heavy atom. The fraction of sp³-hybridized carbons (Fsp3) is 0.333. The van der Waals surface area contributed by atoms with Crippen LogP contribution in [0.25, 0.3) is 0 Å². The summed E-state index contributed by atoms with van der Waals surface area (Å²) in [6.07, 6.45) is -1.32. The lowest BCUT2D eigenvalue weighted by molar-refractivity contribution is -0.137. The van der Waals surface area contributed by atoms with Gasteiger partial charge in [-0.15, -0.1) is 0 Å². The van der Waals surface area contributed by atoms with E-state index in [0.29, 0.717) is 17.2 Å². The molecule has 0 aliphatic heterocycles. The second-order valence-electron chi connectivity index (χ2n) is 5.63. The van der Waals surface area contributed by atoms with Crippen LogP contribution in [0.1, 0.15) is 32.3 Å². The van der Waals surface area contributed by atoms with Gasteiger partial charge in [-0.05, 0) is 49.2 Å². The topological polar surface area (TPSA) is 54.0 Å². The van der Waals surface area contributed by atoms with Gasteiger partial charge in [0.1, 0.15) is 5.82 Å². The summed E-state index contributed by atoms with van der Waals surface area (Å²) in [6, 6.07) is 8.08. The second-order valence-corrected chi connectivity index (χ2v) is 5.63. The summed E-state index contributed by atoms with van der Waals surface area (Å²) in [4.78, 5) is 16.2. The highest BCUT2D eigenvalue weighted by atomic mass is 19.4. The molecular formula is C18H20F3N3O. The molecule has 2 rings (SSSR count). The molecule has 0 bridgehead atoms. The highest BCUT2D eigenvalue weighted by Gasteiger charge is 2.29. The maximum atomic E-state index is 12.5. The fourth-order valence-electron chi connectivity index (χ4n) is 2.34. The average Bonchev–Trinajstić information content (AvgIpc) is 2.57. The molecule has 4 nitrogen and oxygen atoms in total. The number of benzene rings is 1. The van der Waals surface area contributed by atoms with E-state index in [-0.39, 0.29) is 11.8 Å². The first kappa shape index (κ1) is 18.8. The number of carbonyl (C=O) groups is 1. The van der Waals surface area contributed by atoms with Gasteiger partial charge in [0.25, 0.3) is 0 Å². The normalized spacial score (nSPS) is 11.4. The average molecular weight is 351 g/mol. The number of hydrogen-bond acceptors (Lipinski definition) is 3. The van der Waals surface area contributed by atoms with Gasteiger partial charge in [0, 0.05) is 11.6 Å². The van der Waals surface area contributed by atoms with Gasteiger partial charge in [0.2, 0.25) is 5.91 Å². The molecule has 0 spiro atoms.